The Labute approximate surface area is 198 Å². The number of nitrogens with two attached hydrogens (primary N) is 1. The van der Waals surface area contributed by atoms with Gasteiger partial charge in [-0.3, -0.25) is 0 Å². The van der Waals surface area contributed by atoms with Gasteiger partial charge in [-0.1, -0.05) is 47.1 Å². The highest BCUT2D eigenvalue weighted by atomic mass is 35.5. The van der Waals surface area contributed by atoms with E-state index in [4.69, 9.17) is 27.0 Å². The second-order valence-electron chi connectivity index (χ2n) is 7.07. The number of carbonyl (C=O) groups is 1. The quantitative estimate of drug-likeness (QED) is 0.371. The highest BCUT2D eigenvalue weighted by molar-refractivity contribution is 6.38. The standard InChI is InChI=1S/C18H15ClN4O.C5H5NO4/c1-11-21-18(24-22-11)17-16(19)14-4-2-3-5-15(14)23(17)13-8-6-12(10-20)7-9-13;1-9-4-2-3(5(7)8)10-6-4/h2-9H,10,20H2,1H3;2H,1H3,(H,7,8). The van der Waals surface area contributed by atoms with Gasteiger partial charge in [-0.2, -0.15) is 4.98 Å². The molecule has 0 amide bonds. The normalized spacial score (nSPS) is 10.7. The van der Waals surface area contributed by atoms with Gasteiger partial charge >= 0.3 is 5.97 Å². The Bertz CT molecular complexity index is 1440. The molecule has 0 saturated heterocycles. The molecule has 0 fully saturated rings. The topological polar surface area (TPSA) is 142 Å². The number of fused-ring (bicyclic) bond motifs is 1. The fourth-order valence-electron chi connectivity index (χ4n) is 3.29. The minimum atomic E-state index is -1.16. The van der Waals surface area contributed by atoms with E-state index in [1.807, 2.05) is 53.1 Å². The SMILES string of the molecule is COc1cc(C(=O)O)on1.Cc1noc(-c2c(Cl)c3ccccc3n2-c2ccc(CN)cc2)n1. The first-order chi connectivity index (χ1) is 16.4. The Morgan fingerprint density at radius 2 is 1.88 bits per heavy atom. The number of halogens is 1. The van der Waals surface area contributed by atoms with Crippen LogP contribution in [0.25, 0.3) is 28.2 Å². The fourth-order valence-corrected chi connectivity index (χ4v) is 3.61. The molecule has 34 heavy (non-hydrogen) atoms. The van der Waals surface area contributed by atoms with Crippen molar-refractivity contribution in [3.05, 3.63) is 76.8 Å². The van der Waals surface area contributed by atoms with Crippen LogP contribution < -0.4 is 10.5 Å². The van der Waals surface area contributed by atoms with Crippen LogP contribution in [0.15, 0.2) is 63.6 Å². The summed E-state index contributed by atoms with van der Waals surface area (Å²) in [5.41, 5.74) is 9.40. The molecule has 3 aromatic heterocycles. The minimum Gasteiger partial charge on any atom is -0.479 e. The molecular formula is C23H20ClN5O5. The van der Waals surface area contributed by atoms with Gasteiger partial charge in [-0.05, 0) is 35.8 Å². The average molecular weight is 482 g/mol. The van der Waals surface area contributed by atoms with Crippen molar-refractivity contribution in [2.24, 2.45) is 5.73 Å². The summed E-state index contributed by atoms with van der Waals surface area (Å²) in [6.45, 7) is 2.28. The zero-order valence-electron chi connectivity index (χ0n) is 18.2. The summed E-state index contributed by atoms with van der Waals surface area (Å²) < 4.78 is 16.3. The number of hydrogen-bond acceptors (Lipinski definition) is 8. The van der Waals surface area contributed by atoms with Gasteiger partial charge < -0.3 is 29.2 Å². The number of benzene rings is 2. The number of aryl methyl sites for hydroxylation is 1. The molecule has 0 radical (unpaired) electrons. The van der Waals surface area contributed by atoms with E-state index in [0.29, 0.717) is 29.0 Å². The highest BCUT2D eigenvalue weighted by Crippen LogP contribution is 2.39. The minimum absolute atomic E-state index is 0.164. The van der Waals surface area contributed by atoms with Gasteiger partial charge in [0.25, 0.3) is 11.8 Å². The number of ether oxygens (including phenoxy) is 1. The van der Waals surface area contributed by atoms with Gasteiger partial charge in [0.1, 0.15) is 5.69 Å². The van der Waals surface area contributed by atoms with Crippen molar-refractivity contribution in [3.63, 3.8) is 0 Å². The van der Waals surface area contributed by atoms with Gasteiger partial charge in [0.2, 0.25) is 5.76 Å². The molecule has 0 aliphatic rings. The largest absolute Gasteiger partial charge is 0.479 e. The molecular weight excluding hydrogens is 462 g/mol. The van der Waals surface area contributed by atoms with Gasteiger partial charge in [-0.25, -0.2) is 4.79 Å². The number of para-hydroxylation sites is 1. The fraction of sp³-hybridized carbons (Fsp3) is 0.130. The summed E-state index contributed by atoms with van der Waals surface area (Å²) in [5.74, 6) is -0.252. The molecule has 11 heteroatoms. The third-order valence-corrected chi connectivity index (χ3v) is 5.26. The Kier molecular flexibility index (Phi) is 6.62. The van der Waals surface area contributed by atoms with Crippen molar-refractivity contribution in [2.75, 3.05) is 7.11 Å². The third-order valence-electron chi connectivity index (χ3n) is 4.88. The molecule has 10 nitrogen and oxygen atoms in total. The van der Waals surface area contributed by atoms with Crippen molar-refractivity contribution in [2.45, 2.75) is 13.5 Å². The van der Waals surface area contributed by atoms with Crippen LogP contribution in [-0.2, 0) is 6.54 Å². The van der Waals surface area contributed by atoms with Crippen molar-refractivity contribution in [1.29, 1.82) is 0 Å². The molecule has 0 unspecified atom stereocenters. The number of rotatable bonds is 5. The van der Waals surface area contributed by atoms with E-state index in [1.165, 1.54) is 13.2 Å². The lowest BCUT2D eigenvalue weighted by Crippen LogP contribution is -2.00. The molecule has 0 aliphatic carbocycles. The van der Waals surface area contributed by atoms with Gasteiger partial charge in [0.15, 0.2) is 5.82 Å². The molecule has 3 heterocycles. The molecule has 2 aromatic carbocycles. The van der Waals surface area contributed by atoms with Crippen molar-refractivity contribution in [3.8, 4) is 23.2 Å². The maximum absolute atomic E-state index is 10.1. The number of carboxylic acid groups (broad SMARTS) is 1. The first-order valence-electron chi connectivity index (χ1n) is 10.1. The number of carboxylic acids is 1. The lowest BCUT2D eigenvalue weighted by Gasteiger charge is -2.09. The van der Waals surface area contributed by atoms with Crippen LogP contribution in [0, 0.1) is 6.92 Å². The third kappa shape index (κ3) is 4.49. The lowest BCUT2D eigenvalue weighted by molar-refractivity contribution is 0.0651. The molecule has 0 bridgehead atoms. The van der Waals surface area contributed by atoms with Crippen molar-refractivity contribution >= 4 is 28.5 Å². The number of nitrogens with zero attached hydrogens (tertiary/aromatic N) is 4. The Balaban J connectivity index is 0.000000231. The number of methoxy groups -OCH3 is 1. The molecule has 0 spiro atoms. The summed E-state index contributed by atoms with van der Waals surface area (Å²) in [6.07, 6.45) is 0. The van der Waals surface area contributed by atoms with Gasteiger partial charge in [0, 0.05) is 17.6 Å². The number of aromatic carboxylic acids is 1. The Morgan fingerprint density at radius 3 is 2.44 bits per heavy atom. The van der Waals surface area contributed by atoms with E-state index < -0.39 is 5.97 Å². The van der Waals surface area contributed by atoms with E-state index in [9.17, 15) is 4.79 Å². The monoisotopic (exact) mass is 481 g/mol. The summed E-state index contributed by atoms with van der Waals surface area (Å²) in [7, 11) is 1.38. The van der Waals surface area contributed by atoms with Crippen LogP contribution in [0.4, 0.5) is 0 Å². The molecule has 5 rings (SSSR count). The van der Waals surface area contributed by atoms with E-state index in [1.54, 1.807) is 6.92 Å². The number of hydrogen-bond donors (Lipinski definition) is 2. The molecule has 174 valence electrons. The summed E-state index contributed by atoms with van der Waals surface area (Å²) >= 11 is 6.65. The van der Waals surface area contributed by atoms with E-state index in [0.717, 1.165) is 22.2 Å². The van der Waals surface area contributed by atoms with Crippen molar-refractivity contribution < 1.29 is 23.7 Å². The second-order valence-corrected chi connectivity index (χ2v) is 7.45. The van der Waals surface area contributed by atoms with Crippen LogP contribution in [0.3, 0.4) is 0 Å². The van der Waals surface area contributed by atoms with Crippen LogP contribution in [0.5, 0.6) is 5.88 Å². The molecule has 0 atom stereocenters. The summed E-state index contributed by atoms with van der Waals surface area (Å²) in [6, 6.07) is 17.2. The second kappa shape index (κ2) is 9.77. The summed E-state index contributed by atoms with van der Waals surface area (Å²) in [5, 5.41) is 17.0. The highest BCUT2D eigenvalue weighted by Gasteiger charge is 2.22. The first kappa shape index (κ1) is 23.0. The first-order valence-corrected chi connectivity index (χ1v) is 10.4. The van der Waals surface area contributed by atoms with E-state index >= 15 is 0 Å². The van der Waals surface area contributed by atoms with Crippen LogP contribution in [0.2, 0.25) is 5.02 Å². The maximum atomic E-state index is 10.1. The van der Waals surface area contributed by atoms with Crippen LogP contribution >= 0.6 is 11.6 Å². The zero-order valence-corrected chi connectivity index (χ0v) is 19.0. The predicted molar refractivity (Wildman–Crippen MR) is 124 cm³/mol. The van der Waals surface area contributed by atoms with Gasteiger partial charge in [0.05, 0.1) is 23.7 Å². The number of aromatic nitrogens is 4. The predicted octanol–water partition coefficient (Wildman–Crippen LogP) is 4.48. The lowest BCUT2D eigenvalue weighted by atomic mass is 10.2. The van der Waals surface area contributed by atoms with Crippen LogP contribution in [0.1, 0.15) is 21.9 Å². The van der Waals surface area contributed by atoms with E-state index in [2.05, 4.69) is 24.6 Å². The zero-order chi connectivity index (χ0) is 24.2. The Morgan fingerprint density at radius 1 is 1.15 bits per heavy atom. The van der Waals surface area contributed by atoms with Gasteiger partial charge in [-0.15, -0.1) is 0 Å². The maximum Gasteiger partial charge on any atom is 0.374 e. The molecule has 0 aliphatic heterocycles. The van der Waals surface area contributed by atoms with E-state index in [-0.39, 0.29) is 11.6 Å². The summed E-state index contributed by atoms with van der Waals surface area (Å²) in [4.78, 5) is 14.5. The smallest absolute Gasteiger partial charge is 0.374 e. The molecule has 3 N–H and O–H groups in total. The molecule has 5 aromatic rings. The molecule has 0 saturated carbocycles. The average Bonchev–Trinajstić information content (AvgIpc) is 3.57. The van der Waals surface area contributed by atoms with Crippen molar-refractivity contribution in [1.82, 2.24) is 19.9 Å². The Hall–Kier alpha value is -4.15. The van der Waals surface area contributed by atoms with Crippen LogP contribution in [-0.4, -0.2) is 38.1 Å².